The first-order valence-corrected chi connectivity index (χ1v) is 7.97. The van der Waals surface area contributed by atoms with E-state index in [1.165, 1.54) is 6.33 Å². The van der Waals surface area contributed by atoms with E-state index in [1.807, 2.05) is 19.9 Å². The lowest BCUT2D eigenvalue weighted by Gasteiger charge is -2.09. The molecule has 3 rings (SSSR count). The lowest BCUT2D eigenvalue weighted by Crippen LogP contribution is -2.21. The molecule has 2 heterocycles. The van der Waals surface area contributed by atoms with Gasteiger partial charge in [-0.15, -0.1) is 0 Å². The Morgan fingerprint density at radius 2 is 1.96 bits per heavy atom. The Morgan fingerprint density at radius 1 is 1.15 bits per heavy atom. The number of benzene rings is 1. The summed E-state index contributed by atoms with van der Waals surface area (Å²) >= 11 is 0. The van der Waals surface area contributed by atoms with Gasteiger partial charge in [-0.05, 0) is 32.0 Å². The van der Waals surface area contributed by atoms with E-state index in [-0.39, 0.29) is 12.5 Å². The molecule has 0 unspecified atom stereocenters. The molecule has 1 aromatic carbocycles. The number of aromatic nitrogens is 4. The number of aryl methyl sites for hydroxylation is 2. The quantitative estimate of drug-likeness (QED) is 0.731. The van der Waals surface area contributed by atoms with Crippen LogP contribution in [0.2, 0.25) is 0 Å². The van der Waals surface area contributed by atoms with E-state index in [0.29, 0.717) is 23.1 Å². The third-order valence-corrected chi connectivity index (χ3v) is 3.56. The number of rotatable bonds is 6. The standard InChI is InChI=1S/C18H19N5O3/c1-12-7-13(2)23(22-12)17-9-16(19-11-20-17)21-18(24)10-26-15-6-4-5-14(8-15)25-3/h4-9,11H,10H2,1-3H3,(H,19,20,21,24). The maximum Gasteiger partial charge on any atom is 0.263 e. The van der Waals surface area contributed by atoms with Crippen LogP contribution in [-0.2, 0) is 4.79 Å². The number of methoxy groups -OCH3 is 1. The van der Waals surface area contributed by atoms with Gasteiger partial charge in [-0.25, -0.2) is 14.6 Å². The van der Waals surface area contributed by atoms with Gasteiger partial charge in [0.1, 0.15) is 23.6 Å². The highest BCUT2D eigenvalue weighted by Crippen LogP contribution is 2.19. The zero-order valence-electron chi connectivity index (χ0n) is 14.8. The van der Waals surface area contributed by atoms with Crippen LogP contribution in [0.3, 0.4) is 0 Å². The summed E-state index contributed by atoms with van der Waals surface area (Å²) in [5.41, 5.74) is 1.83. The predicted molar refractivity (Wildman–Crippen MR) is 95.7 cm³/mol. The van der Waals surface area contributed by atoms with E-state index in [4.69, 9.17) is 9.47 Å². The van der Waals surface area contributed by atoms with Gasteiger partial charge in [0.2, 0.25) is 0 Å². The fourth-order valence-electron chi connectivity index (χ4n) is 2.41. The van der Waals surface area contributed by atoms with E-state index >= 15 is 0 Å². The normalized spacial score (nSPS) is 10.4. The molecule has 0 saturated carbocycles. The molecule has 2 aromatic heterocycles. The maximum atomic E-state index is 12.1. The number of nitrogens with zero attached hydrogens (tertiary/aromatic N) is 4. The molecule has 0 fully saturated rings. The Labute approximate surface area is 150 Å². The molecule has 0 atom stereocenters. The van der Waals surface area contributed by atoms with Crippen molar-refractivity contribution in [1.29, 1.82) is 0 Å². The highest BCUT2D eigenvalue weighted by atomic mass is 16.5. The van der Waals surface area contributed by atoms with Gasteiger partial charge in [0.25, 0.3) is 5.91 Å². The third kappa shape index (κ3) is 4.15. The molecule has 0 saturated heterocycles. The van der Waals surface area contributed by atoms with Crippen molar-refractivity contribution < 1.29 is 14.3 Å². The van der Waals surface area contributed by atoms with Gasteiger partial charge < -0.3 is 14.8 Å². The molecule has 0 aliphatic rings. The summed E-state index contributed by atoms with van der Waals surface area (Å²) in [6, 6.07) is 10.6. The van der Waals surface area contributed by atoms with Crippen molar-refractivity contribution in [2.24, 2.45) is 0 Å². The van der Waals surface area contributed by atoms with Gasteiger partial charge in [-0.1, -0.05) is 6.07 Å². The van der Waals surface area contributed by atoms with Crippen LogP contribution in [0.4, 0.5) is 5.82 Å². The Bertz CT molecular complexity index is 923. The fourth-order valence-corrected chi connectivity index (χ4v) is 2.41. The van der Waals surface area contributed by atoms with Gasteiger partial charge in [-0.3, -0.25) is 4.79 Å². The molecule has 8 nitrogen and oxygen atoms in total. The van der Waals surface area contributed by atoms with Crippen LogP contribution in [0.5, 0.6) is 11.5 Å². The number of ether oxygens (including phenoxy) is 2. The highest BCUT2D eigenvalue weighted by Gasteiger charge is 2.09. The summed E-state index contributed by atoms with van der Waals surface area (Å²) in [4.78, 5) is 20.4. The zero-order valence-corrected chi connectivity index (χ0v) is 14.8. The van der Waals surface area contributed by atoms with Crippen molar-refractivity contribution in [3.05, 3.63) is 54.1 Å². The first-order chi connectivity index (χ1) is 12.5. The van der Waals surface area contributed by atoms with Crippen molar-refractivity contribution in [3.8, 4) is 17.3 Å². The monoisotopic (exact) mass is 353 g/mol. The number of carbonyl (C=O) groups is 1. The molecular formula is C18H19N5O3. The van der Waals surface area contributed by atoms with Crippen LogP contribution in [0.15, 0.2) is 42.7 Å². The lowest BCUT2D eigenvalue weighted by molar-refractivity contribution is -0.118. The molecule has 1 amide bonds. The minimum Gasteiger partial charge on any atom is -0.497 e. The van der Waals surface area contributed by atoms with Crippen LogP contribution in [0.25, 0.3) is 5.82 Å². The number of nitrogens with one attached hydrogen (secondary N) is 1. The Hall–Kier alpha value is -3.42. The second-order valence-corrected chi connectivity index (χ2v) is 5.62. The van der Waals surface area contributed by atoms with Gasteiger partial charge in [-0.2, -0.15) is 5.10 Å². The van der Waals surface area contributed by atoms with E-state index < -0.39 is 0 Å². The third-order valence-electron chi connectivity index (χ3n) is 3.56. The summed E-state index contributed by atoms with van der Waals surface area (Å²) in [5, 5.41) is 7.06. The lowest BCUT2D eigenvalue weighted by atomic mass is 10.3. The number of carbonyl (C=O) groups excluding carboxylic acids is 1. The number of amides is 1. The second kappa shape index (κ2) is 7.64. The Balaban J connectivity index is 1.64. The Kier molecular flexibility index (Phi) is 5.12. The molecule has 0 aliphatic carbocycles. The molecule has 0 radical (unpaired) electrons. The average Bonchev–Trinajstić information content (AvgIpc) is 2.98. The van der Waals surface area contributed by atoms with Crippen LogP contribution in [0.1, 0.15) is 11.4 Å². The zero-order chi connectivity index (χ0) is 18.5. The molecule has 0 bridgehead atoms. The minimum atomic E-state index is -0.328. The molecule has 0 spiro atoms. The van der Waals surface area contributed by atoms with Gasteiger partial charge in [0, 0.05) is 17.8 Å². The van der Waals surface area contributed by atoms with Crippen LogP contribution in [-0.4, -0.2) is 39.4 Å². The number of hydrogen-bond donors (Lipinski definition) is 1. The smallest absolute Gasteiger partial charge is 0.263 e. The summed E-state index contributed by atoms with van der Waals surface area (Å²) in [5.74, 6) is 1.83. The van der Waals surface area contributed by atoms with Crippen molar-refractivity contribution in [1.82, 2.24) is 19.7 Å². The minimum absolute atomic E-state index is 0.146. The number of anilines is 1. The topological polar surface area (TPSA) is 91.2 Å². The highest BCUT2D eigenvalue weighted by molar-refractivity contribution is 5.91. The summed E-state index contributed by atoms with van der Waals surface area (Å²) < 4.78 is 12.3. The summed E-state index contributed by atoms with van der Waals surface area (Å²) in [6.45, 7) is 3.69. The largest absolute Gasteiger partial charge is 0.497 e. The van der Waals surface area contributed by atoms with Crippen LogP contribution in [0, 0.1) is 13.8 Å². The first-order valence-electron chi connectivity index (χ1n) is 7.97. The molecular weight excluding hydrogens is 334 g/mol. The maximum absolute atomic E-state index is 12.1. The predicted octanol–water partition coefficient (Wildman–Crippen LogP) is 2.31. The first kappa shape index (κ1) is 17.4. The summed E-state index contributed by atoms with van der Waals surface area (Å²) in [6.07, 6.45) is 1.38. The fraction of sp³-hybridized carbons (Fsp3) is 0.222. The van der Waals surface area contributed by atoms with Crippen molar-refractivity contribution in [2.45, 2.75) is 13.8 Å². The molecule has 1 N–H and O–H groups in total. The molecule has 134 valence electrons. The van der Waals surface area contributed by atoms with Gasteiger partial charge in [0.15, 0.2) is 12.4 Å². The Morgan fingerprint density at radius 3 is 2.69 bits per heavy atom. The van der Waals surface area contributed by atoms with Gasteiger partial charge >= 0.3 is 0 Å². The SMILES string of the molecule is COc1cccc(OCC(=O)Nc2cc(-n3nc(C)cc3C)ncn2)c1. The average molecular weight is 353 g/mol. The van der Waals surface area contributed by atoms with E-state index in [9.17, 15) is 4.79 Å². The van der Waals surface area contributed by atoms with Crippen LogP contribution < -0.4 is 14.8 Å². The molecule has 0 aliphatic heterocycles. The van der Waals surface area contributed by atoms with Crippen LogP contribution >= 0.6 is 0 Å². The molecule has 3 aromatic rings. The van der Waals surface area contributed by atoms with Crippen molar-refractivity contribution in [3.63, 3.8) is 0 Å². The molecule has 8 heteroatoms. The second-order valence-electron chi connectivity index (χ2n) is 5.62. The summed E-state index contributed by atoms with van der Waals surface area (Å²) in [7, 11) is 1.57. The van der Waals surface area contributed by atoms with Crippen molar-refractivity contribution in [2.75, 3.05) is 19.0 Å². The van der Waals surface area contributed by atoms with E-state index in [2.05, 4.69) is 20.4 Å². The van der Waals surface area contributed by atoms with Crippen molar-refractivity contribution >= 4 is 11.7 Å². The van der Waals surface area contributed by atoms with Gasteiger partial charge in [0.05, 0.1) is 12.8 Å². The van der Waals surface area contributed by atoms with E-state index in [1.54, 1.807) is 42.1 Å². The van der Waals surface area contributed by atoms with E-state index in [0.717, 1.165) is 11.4 Å². The molecule has 26 heavy (non-hydrogen) atoms. The number of hydrogen-bond acceptors (Lipinski definition) is 6.